The molecule has 0 fully saturated rings. The van der Waals surface area contributed by atoms with Crippen molar-refractivity contribution < 1.29 is 0 Å². The molecular formula is C11H13N3. The average Bonchev–Trinajstić information content (AvgIpc) is 2.72. The molecule has 0 amide bonds. The maximum absolute atomic E-state index is 4.22. The highest BCUT2D eigenvalue weighted by Gasteiger charge is 1.93. The predicted molar refractivity (Wildman–Crippen MR) is 55.6 cm³/mol. The van der Waals surface area contributed by atoms with Crippen LogP contribution in [-0.2, 0) is 13.1 Å². The lowest BCUT2D eigenvalue weighted by molar-refractivity contribution is 0.670. The molecule has 0 spiro atoms. The Balaban J connectivity index is 1.79. The van der Waals surface area contributed by atoms with Crippen molar-refractivity contribution >= 4 is 0 Å². The Hall–Kier alpha value is -1.61. The quantitative estimate of drug-likeness (QED) is 0.764. The van der Waals surface area contributed by atoms with Crippen LogP contribution in [0.25, 0.3) is 0 Å². The molecule has 2 aromatic rings. The highest BCUT2D eigenvalue weighted by molar-refractivity contribution is 5.05. The summed E-state index contributed by atoms with van der Waals surface area (Å²) >= 11 is 0. The van der Waals surface area contributed by atoms with E-state index in [1.54, 1.807) is 0 Å². The van der Waals surface area contributed by atoms with Gasteiger partial charge in [-0.05, 0) is 24.3 Å². The van der Waals surface area contributed by atoms with Crippen LogP contribution in [0.5, 0.6) is 0 Å². The first-order valence-electron chi connectivity index (χ1n) is 4.68. The standard InChI is InChI=1S/C11H13N3/c1-2-6-13-10(4-1)8-12-9-11-5-3-7-14-11/h1-7,12,14H,8-9H2. The third-order valence-corrected chi connectivity index (χ3v) is 2.01. The maximum Gasteiger partial charge on any atom is 0.0541 e. The third kappa shape index (κ3) is 2.44. The molecule has 0 unspecified atom stereocenters. The van der Waals surface area contributed by atoms with Crippen LogP contribution in [0, 0.1) is 0 Å². The van der Waals surface area contributed by atoms with Gasteiger partial charge in [0.05, 0.1) is 5.69 Å². The van der Waals surface area contributed by atoms with E-state index in [-0.39, 0.29) is 0 Å². The number of aromatic amines is 1. The summed E-state index contributed by atoms with van der Waals surface area (Å²) < 4.78 is 0. The number of hydrogen-bond donors (Lipinski definition) is 2. The molecule has 0 aliphatic carbocycles. The van der Waals surface area contributed by atoms with E-state index < -0.39 is 0 Å². The van der Waals surface area contributed by atoms with Crippen molar-refractivity contribution in [2.45, 2.75) is 13.1 Å². The summed E-state index contributed by atoms with van der Waals surface area (Å²) in [6, 6.07) is 10.00. The van der Waals surface area contributed by atoms with Gasteiger partial charge in [-0.1, -0.05) is 6.07 Å². The van der Waals surface area contributed by atoms with Crippen LogP contribution >= 0.6 is 0 Å². The van der Waals surface area contributed by atoms with E-state index in [0.717, 1.165) is 18.8 Å². The van der Waals surface area contributed by atoms with Crippen LogP contribution in [0.15, 0.2) is 42.7 Å². The molecular weight excluding hydrogens is 174 g/mol. The van der Waals surface area contributed by atoms with Crippen molar-refractivity contribution in [3.8, 4) is 0 Å². The van der Waals surface area contributed by atoms with Crippen molar-refractivity contribution in [1.29, 1.82) is 0 Å². The zero-order chi connectivity index (χ0) is 9.64. The van der Waals surface area contributed by atoms with E-state index >= 15 is 0 Å². The van der Waals surface area contributed by atoms with Crippen LogP contribution in [-0.4, -0.2) is 9.97 Å². The van der Waals surface area contributed by atoms with Gasteiger partial charge in [-0.3, -0.25) is 4.98 Å². The van der Waals surface area contributed by atoms with Crippen molar-refractivity contribution in [1.82, 2.24) is 15.3 Å². The predicted octanol–water partition coefficient (Wildman–Crippen LogP) is 1.70. The third-order valence-electron chi connectivity index (χ3n) is 2.01. The smallest absolute Gasteiger partial charge is 0.0541 e. The van der Waals surface area contributed by atoms with Gasteiger partial charge in [0.1, 0.15) is 0 Å². The molecule has 0 aliphatic rings. The van der Waals surface area contributed by atoms with Crippen LogP contribution < -0.4 is 5.32 Å². The second kappa shape index (κ2) is 4.58. The largest absolute Gasteiger partial charge is 0.364 e. The highest BCUT2D eigenvalue weighted by Crippen LogP contribution is 1.95. The summed E-state index contributed by atoms with van der Waals surface area (Å²) in [5.41, 5.74) is 2.26. The lowest BCUT2D eigenvalue weighted by atomic mass is 10.3. The van der Waals surface area contributed by atoms with Gasteiger partial charge in [-0.2, -0.15) is 0 Å². The van der Waals surface area contributed by atoms with Crippen molar-refractivity contribution in [2.75, 3.05) is 0 Å². The lowest BCUT2D eigenvalue weighted by Gasteiger charge is -2.01. The average molecular weight is 187 g/mol. The summed E-state index contributed by atoms with van der Waals surface area (Å²) in [6.07, 6.45) is 3.74. The number of nitrogens with zero attached hydrogens (tertiary/aromatic N) is 1. The van der Waals surface area contributed by atoms with Crippen LogP contribution in [0.4, 0.5) is 0 Å². The monoisotopic (exact) mass is 187 g/mol. The van der Waals surface area contributed by atoms with Crippen molar-refractivity contribution in [3.63, 3.8) is 0 Å². The lowest BCUT2D eigenvalue weighted by Crippen LogP contribution is -2.13. The molecule has 3 nitrogen and oxygen atoms in total. The number of hydrogen-bond acceptors (Lipinski definition) is 2. The molecule has 3 heteroatoms. The molecule has 2 N–H and O–H groups in total. The van der Waals surface area contributed by atoms with E-state index in [9.17, 15) is 0 Å². The fraction of sp³-hybridized carbons (Fsp3) is 0.182. The first-order valence-corrected chi connectivity index (χ1v) is 4.68. The van der Waals surface area contributed by atoms with E-state index in [2.05, 4.69) is 21.4 Å². The fourth-order valence-corrected chi connectivity index (χ4v) is 1.31. The molecule has 0 bridgehead atoms. The Morgan fingerprint density at radius 2 is 2.14 bits per heavy atom. The molecule has 0 aromatic carbocycles. The minimum Gasteiger partial charge on any atom is -0.364 e. The Morgan fingerprint density at radius 1 is 1.14 bits per heavy atom. The highest BCUT2D eigenvalue weighted by atomic mass is 14.9. The van der Waals surface area contributed by atoms with Gasteiger partial charge in [-0.15, -0.1) is 0 Å². The number of H-pyrrole nitrogens is 1. The topological polar surface area (TPSA) is 40.7 Å². The van der Waals surface area contributed by atoms with Gasteiger partial charge >= 0.3 is 0 Å². The molecule has 2 rings (SSSR count). The van der Waals surface area contributed by atoms with Gasteiger partial charge in [-0.25, -0.2) is 0 Å². The van der Waals surface area contributed by atoms with Gasteiger partial charge < -0.3 is 10.3 Å². The molecule has 0 atom stereocenters. The molecule has 72 valence electrons. The number of nitrogens with one attached hydrogen (secondary N) is 2. The van der Waals surface area contributed by atoms with Gasteiger partial charge in [0.25, 0.3) is 0 Å². The van der Waals surface area contributed by atoms with E-state index in [0.29, 0.717) is 0 Å². The summed E-state index contributed by atoms with van der Waals surface area (Å²) in [5.74, 6) is 0. The zero-order valence-corrected chi connectivity index (χ0v) is 7.90. The SMILES string of the molecule is c1ccc(CNCc2ccc[nH]2)nc1. The second-order valence-corrected chi connectivity index (χ2v) is 3.12. The molecule has 2 heterocycles. The van der Waals surface area contributed by atoms with Crippen LogP contribution in [0.2, 0.25) is 0 Å². The molecule has 0 radical (unpaired) electrons. The van der Waals surface area contributed by atoms with E-state index in [1.807, 2.05) is 36.7 Å². The molecule has 0 aliphatic heterocycles. The first kappa shape index (κ1) is 8.97. The van der Waals surface area contributed by atoms with Crippen molar-refractivity contribution in [2.24, 2.45) is 0 Å². The Kier molecular flexibility index (Phi) is 2.93. The first-order chi connectivity index (χ1) is 6.95. The minimum atomic E-state index is 0.805. The molecule has 0 saturated carbocycles. The summed E-state index contributed by atoms with van der Waals surface area (Å²) in [4.78, 5) is 7.37. The van der Waals surface area contributed by atoms with Gasteiger partial charge in [0.15, 0.2) is 0 Å². The summed E-state index contributed by atoms with van der Waals surface area (Å²) in [5, 5.41) is 3.31. The summed E-state index contributed by atoms with van der Waals surface area (Å²) in [6.45, 7) is 1.66. The zero-order valence-electron chi connectivity index (χ0n) is 7.90. The van der Waals surface area contributed by atoms with E-state index in [1.165, 1.54) is 5.69 Å². The van der Waals surface area contributed by atoms with E-state index in [4.69, 9.17) is 0 Å². The number of rotatable bonds is 4. The Morgan fingerprint density at radius 3 is 2.86 bits per heavy atom. The molecule has 0 saturated heterocycles. The van der Waals surface area contributed by atoms with Crippen LogP contribution in [0.1, 0.15) is 11.4 Å². The molecule has 14 heavy (non-hydrogen) atoms. The van der Waals surface area contributed by atoms with Crippen molar-refractivity contribution in [3.05, 3.63) is 54.1 Å². The number of aromatic nitrogens is 2. The molecule has 2 aromatic heterocycles. The Labute approximate surface area is 83.2 Å². The minimum absolute atomic E-state index is 0.805. The fourth-order valence-electron chi connectivity index (χ4n) is 1.31. The second-order valence-electron chi connectivity index (χ2n) is 3.12. The maximum atomic E-state index is 4.22. The van der Waals surface area contributed by atoms with Gasteiger partial charge in [0, 0.05) is 31.2 Å². The normalized spacial score (nSPS) is 10.3. The van der Waals surface area contributed by atoms with Crippen LogP contribution in [0.3, 0.4) is 0 Å². The number of pyridine rings is 1. The Bertz CT molecular complexity index is 353. The van der Waals surface area contributed by atoms with Gasteiger partial charge in [0.2, 0.25) is 0 Å². The summed E-state index contributed by atoms with van der Waals surface area (Å²) in [7, 11) is 0.